The van der Waals surface area contributed by atoms with E-state index in [2.05, 4.69) is 10.2 Å². The number of aromatic nitrogens is 2. The van der Waals surface area contributed by atoms with Gasteiger partial charge in [-0.05, 0) is 50.2 Å². The van der Waals surface area contributed by atoms with Crippen LogP contribution in [0.5, 0.6) is 0 Å². The summed E-state index contributed by atoms with van der Waals surface area (Å²) in [5.74, 6) is 0.747. The Balaban J connectivity index is 1.42. The Hall–Kier alpha value is -3.64. The van der Waals surface area contributed by atoms with Gasteiger partial charge in [-0.3, -0.25) is 9.69 Å². The Morgan fingerprint density at radius 1 is 0.969 bits per heavy atom. The van der Waals surface area contributed by atoms with Gasteiger partial charge >= 0.3 is 0 Å². The number of nitrogens with zero attached hydrogens (tertiary/aromatic N) is 3. The number of carbonyl (C=O) groups excluding carboxylic acids is 1. The van der Waals surface area contributed by atoms with Gasteiger partial charge in [0.15, 0.2) is 0 Å². The first-order chi connectivity index (χ1) is 15.8. The van der Waals surface area contributed by atoms with E-state index in [0.29, 0.717) is 17.8 Å². The predicted octanol–water partition coefficient (Wildman–Crippen LogP) is 4.70. The van der Waals surface area contributed by atoms with Crippen molar-refractivity contribution in [1.29, 1.82) is 0 Å². The maximum absolute atomic E-state index is 13.4. The van der Waals surface area contributed by atoms with Crippen LogP contribution >= 0.6 is 0 Å². The van der Waals surface area contributed by atoms with E-state index in [1.54, 1.807) is 10.9 Å². The highest BCUT2D eigenvalue weighted by molar-refractivity contribution is 6.00. The smallest absolute Gasteiger partial charge is 0.255 e. The fraction of sp³-hybridized carbons (Fsp3) is 0.231. The van der Waals surface area contributed by atoms with Gasteiger partial charge in [-0.15, -0.1) is 0 Å². The number of rotatable bonds is 7. The zero-order valence-corrected chi connectivity index (χ0v) is 17.9. The van der Waals surface area contributed by atoms with Crippen LogP contribution in [-0.4, -0.2) is 40.2 Å². The summed E-state index contributed by atoms with van der Waals surface area (Å²) in [5, 5.41) is 7.90. The van der Waals surface area contributed by atoms with E-state index in [-0.39, 0.29) is 11.9 Å². The lowest BCUT2D eigenvalue weighted by Gasteiger charge is -2.26. The van der Waals surface area contributed by atoms with Crippen LogP contribution in [0.4, 0.5) is 0 Å². The molecule has 2 aromatic heterocycles. The molecule has 32 heavy (non-hydrogen) atoms. The van der Waals surface area contributed by atoms with Crippen LogP contribution in [0.1, 0.15) is 35.0 Å². The Morgan fingerprint density at radius 3 is 2.38 bits per heavy atom. The molecule has 1 fully saturated rings. The van der Waals surface area contributed by atoms with Crippen LogP contribution in [-0.2, 0) is 0 Å². The molecule has 1 saturated heterocycles. The molecular formula is C26H26N4O2. The van der Waals surface area contributed by atoms with Crippen molar-refractivity contribution in [3.05, 3.63) is 96.6 Å². The van der Waals surface area contributed by atoms with Crippen molar-refractivity contribution in [3.8, 4) is 16.9 Å². The number of para-hydroxylation sites is 1. The molecule has 0 unspecified atom stereocenters. The number of furan rings is 1. The second-order valence-corrected chi connectivity index (χ2v) is 8.02. The first-order valence-electron chi connectivity index (χ1n) is 11.1. The number of hydrogen-bond acceptors (Lipinski definition) is 4. The second-order valence-electron chi connectivity index (χ2n) is 8.02. The minimum atomic E-state index is -0.137. The molecule has 2 aromatic carbocycles. The molecule has 1 atom stereocenters. The average Bonchev–Trinajstić information content (AvgIpc) is 3.63. The van der Waals surface area contributed by atoms with Gasteiger partial charge in [-0.1, -0.05) is 48.5 Å². The third-order valence-corrected chi connectivity index (χ3v) is 5.94. The van der Waals surface area contributed by atoms with Gasteiger partial charge in [0.1, 0.15) is 11.5 Å². The summed E-state index contributed by atoms with van der Waals surface area (Å²) in [5.41, 5.74) is 3.05. The zero-order chi connectivity index (χ0) is 21.8. The van der Waals surface area contributed by atoms with Crippen LogP contribution in [0.15, 0.2) is 89.7 Å². The van der Waals surface area contributed by atoms with Crippen molar-refractivity contribution in [3.63, 3.8) is 0 Å². The number of nitrogens with one attached hydrogen (secondary N) is 1. The fourth-order valence-electron chi connectivity index (χ4n) is 4.29. The van der Waals surface area contributed by atoms with Gasteiger partial charge in [-0.2, -0.15) is 5.10 Å². The number of hydrogen-bond donors (Lipinski definition) is 1. The molecule has 0 saturated carbocycles. The van der Waals surface area contributed by atoms with Crippen molar-refractivity contribution in [1.82, 2.24) is 20.0 Å². The van der Waals surface area contributed by atoms with Crippen LogP contribution < -0.4 is 5.32 Å². The fourth-order valence-corrected chi connectivity index (χ4v) is 4.29. The number of likely N-dealkylation sites (tertiary alicyclic amines) is 1. The highest BCUT2D eigenvalue weighted by Gasteiger charge is 2.27. The van der Waals surface area contributed by atoms with Gasteiger partial charge in [-0.25, -0.2) is 4.68 Å². The normalized spacial score (nSPS) is 15.0. The molecule has 0 bridgehead atoms. The summed E-state index contributed by atoms with van der Waals surface area (Å²) < 4.78 is 7.46. The molecule has 3 heterocycles. The quantitative estimate of drug-likeness (QED) is 0.465. The van der Waals surface area contributed by atoms with Crippen molar-refractivity contribution >= 4 is 5.91 Å². The number of benzene rings is 2. The first-order valence-corrected chi connectivity index (χ1v) is 11.1. The lowest BCUT2D eigenvalue weighted by Crippen LogP contribution is -2.36. The average molecular weight is 427 g/mol. The van der Waals surface area contributed by atoms with E-state index in [1.165, 1.54) is 12.8 Å². The molecule has 5 rings (SSSR count). The lowest BCUT2D eigenvalue weighted by molar-refractivity contribution is 0.0934. The second kappa shape index (κ2) is 9.24. The molecule has 0 radical (unpaired) electrons. The van der Waals surface area contributed by atoms with Crippen LogP contribution in [0.3, 0.4) is 0 Å². The molecule has 0 aliphatic carbocycles. The Kier molecular flexibility index (Phi) is 5.85. The summed E-state index contributed by atoms with van der Waals surface area (Å²) in [6.45, 7) is 2.52. The van der Waals surface area contributed by atoms with Crippen molar-refractivity contribution in [2.75, 3.05) is 19.6 Å². The predicted molar refractivity (Wildman–Crippen MR) is 124 cm³/mol. The monoisotopic (exact) mass is 426 g/mol. The largest absolute Gasteiger partial charge is 0.468 e. The Bertz CT molecular complexity index is 1150. The van der Waals surface area contributed by atoms with Crippen molar-refractivity contribution in [2.45, 2.75) is 18.9 Å². The van der Waals surface area contributed by atoms with Crippen LogP contribution in [0.25, 0.3) is 16.9 Å². The third-order valence-electron chi connectivity index (χ3n) is 5.94. The maximum atomic E-state index is 13.4. The van der Waals surface area contributed by atoms with Gasteiger partial charge in [0.25, 0.3) is 5.91 Å². The molecule has 1 aliphatic heterocycles. The van der Waals surface area contributed by atoms with E-state index >= 15 is 0 Å². The van der Waals surface area contributed by atoms with E-state index < -0.39 is 0 Å². The van der Waals surface area contributed by atoms with Crippen molar-refractivity contribution < 1.29 is 9.21 Å². The van der Waals surface area contributed by atoms with E-state index in [1.807, 2.05) is 79.0 Å². The molecule has 162 valence electrons. The van der Waals surface area contributed by atoms with Gasteiger partial charge in [0.2, 0.25) is 0 Å². The molecule has 1 N–H and O–H groups in total. The maximum Gasteiger partial charge on any atom is 0.255 e. The van der Waals surface area contributed by atoms with Gasteiger partial charge in [0.05, 0.1) is 23.6 Å². The molecule has 6 nitrogen and oxygen atoms in total. The summed E-state index contributed by atoms with van der Waals surface area (Å²) in [6.07, 6.45) is 5.85. The van der Waals surface area contributed by atoms with Crippen molar-refractivity contribution in [2.24, 2.45) is 0 Å². The molecular weight excluding hydrogens is 400 g/mol. The number of carbonyl (C=O) groups is 1. The molecule has 0 spiro atoms. The Morgan fingerprint density at radius 2 is 1.69 bits per heavy atom. The SMILES string of the molecule is O=C(NC[C@@H](c1ccco1)N1CCCC1)c1cn(-c2ccccc2)nc1-c1ccccc1. The standard InChI is InChI=1S/C26H26N4O2/c31-26(27-18-23(24-14-9-17-32-24)29-15-7-8-16-29)22-19-30(21-12-5-2-6-13-21)28-25(22)20-10-3-1-4-11-20/h1-6,9-14,17,19,23H,7-8,15-16,18H2,(H,27,31)/t23-/m0/s1. The number of amides is 1. The lowest BCUT2D eigenvalue weighted by atomic mass is 10.1. The van der Waals surface area contributed by atoms with E-state index in [4.69, 9.17) is 9.52 Å². The minimum Gasteiger partial charge on any atom is -0.468 e. The van der Waals surface area contributed by atoms with E-state index in [9.17, 15) is 4.79 Å². The molecule has 1 aliphatic rings. The summed E-state index contributed by atoms with van der Waals surface area (Å²) in [6, 6.07) is 23.6. The topological polar surface area (TPSA) is 63.3 Å². The minimum absolute atomic E-state index is 0.0285. The highest BCUT2D eigenvalue weighted by atomic mass is 16.3. The van der Waals surface area contributed by atoms with Gasteiger partial charge in [0, 0.05) is 18.3 Å². The van der Waals surface area contributed by atoms with Crippen LogP contribution in [0.2, 0.25) is 0 Å². The molecule has 1 amide bonds. The van der Waals surface area contributed by atoms with Gasteiger partial charge < -0.3 is 9.73 Å². The molecule has 6 heteroatoms. The summed E-state index contributed by atoms with van der Waals surface area (Å²) in [4.78, 5) is 15.7. The zero-order valence-electron chi connectivity index (χ0n) is 17.9. The van der Waals surface area contributed by atoms with Crippen LogP contribution in [0, 0.1) is 0 Å². The Labute approximate surface area is 187 Å². The summed E-state index contributed by atoms with van der Waals surface area (Å²) in [7, 11) is 0. The van der Waals surface area contributed by atoms with E-state index in [0.717, 1.165) is 30.1 Å². The molecule has 4 aromatic rings. The third kappa shape index (κ3) is 4.22. The highest BCUT2D eigenvalue weighted by Crippen LogP contribution is 2.26. The summed E-state index contributed by atoms with van der Waals surface area (Å²) >= 11 is 0. The first kappa shape index (κ1) is 20.3.